The van der Waals surface area contributed by atoms with Gasteiger partial charge in [-0.1, -0.05) is 11.2 Å². The molecule has 0 aliphatic rings. The molecule has 0 unspecified atom stereocenters. The van der Waals surface area contributed by atoms with Gasteiger partial charge in [0.2, 0.25) is 0 Å². The minimum Gasteiger partial charge on any atom is -0.360 e. The van der Waals surface area contributed by atoms with Crippen molar-refractivity contribution < 1.29 is 9.32 Å². The molecule has 0 aliphatic heterocycles. The van der Waals surface area contributed by atoms with Crippen molar-refractivity contribution in [1.29, 1.82) is 0 Å². The van der Waals surface area contributed by atoms with Crippen LogP contribution >= 0.6 is 38.6 Å². The van der Waals surface area contributed by atoms with Crippen LogP contribution in [-0.2, 0) is 6.42 Å². The van der Waals surface area contributed by atoms with Gasteiger partial charge < -0.3 is 9.84 Å². The van der Waals surface area contributed by atoms with E-state index in [0.717, 1.165) is 15.1 Å². The largest absolute Gasteiger partial charge is 0.360 e. The van der Waals surface area contributed by atoms with Crippen LogP contribution < -0.4 is 5.32 Å². The van der Waals surface area contributed by atoms with Crippen LogP contribution in [0.5, 0.6) is 0 Å². The Hall–Kier alpha value is -1.44. The molecule has 114 valence electrons. The van der Waals surface area contributed by atoms with Gasteiger partial charge in [0.25, 0.3) is 5.91 Å². The quantitative estimate of drug-likeness (QED) is 0.689. The second-order valence-electron chi connectivity index (χ2n) is 4.65. The summed E-state index contributed by atoms with van der Waals surface area (Å²) in [6, 6.07) is 7.94. The number of hydrogen-bond donors (Lipinski definition) is 1. The molecule has 0 spiro atoms. The maximum absolute atomic E-state index is 12.4. The SMILES string of the molecule is Cc1onc(-c2ccc(Br)s2)c1C(=O)NCCc1cccs1. The number of carbonyl (C=O) groups is 1. The molecule has 1 amide bonds. The van der Waals surface area contributed by atoms with Gasteiger partial charge in [0.05, 0.1) is 8.66 Å². The molecular formula is C15H13BrN2O2S2. The molecule has 1 N–H and O–H groups in total. The van der Waals surface area contributed by atoms with E-state index < -0.39 is 0 Å². The van der Waals surface area contributed by atoms with Gasteiger partial charge in [-0.15, -0.1) is 22.7 Å². The summed E-state index contributed by atoms with van der Waals surface area (Å²) in [5.74, 6) is 0.392. The number of amides is 1. The van der Waals surface area contributed by atoms with Gasteiger partial charge >= 0.3 is 0 Å². The number of carbonyl (C=O) groups excluding carboxylic acids is 1. The Morgan fingerprint density at radius 2 is 2.27 bits per heavy atom. The minimum atomic E-state index is -0.144. The number of thiophene rings is 2. The molecule has 22 heavy (non-hydrogen) atoms. The van der Waals surface area contributed by atoms with E-state index in [2.05, 4.69) is 32.5 Å². The van der Waals surface area contributed by atoms with E-state index in [1.54, 1.807) is 18.3 Å². The third-order valence-electron chi connectivity index (χ3n) is 3.13. The van der Waals surface area contributed by atoms with Gasteiger partial charge in [0, 0.05) is 11.4 Å². The van der Waals surface area contributed by atoms with Gasteiger partial charge in [-0.25, -0.2) is 0 Å². The van der Waals surface area contributed by atoms with E-state index >= 15 is 0 Å². The molecule has 0 aliphatic carbocycles. The van der Waals surface area contributed by atoms with Crippen LogP contribution in [0.4, 0.5) is 0 Å². The third-order valence-corrected chi connectivity index (χ3v) is 5.70. The highest BCUT2D eigenvalue weighted by Crippen LogP contribution is 2.33. The number of aromatic nitrogens is 1. The van der Waals surface area contributed by atoms with Crippen molar-refractivity contribution >= 4 is 44.5 Å². The molecule has 0 radical (unpaired) electrons. The lowest BCUT2D eigenvalue weighted by Crippen LogP contribution is -2.26. The Morgan fingerprint density at radius 3 is 2.95 bits per heavy atom. The highest BCUT2D eigenvalue weighted by Gasteiger charge is 2.22. The summed E-state index contributed by atoms with van der Waals surface area (Å²) in [4.78, 5) is 14.6. The van der Waals surface area contributed by atoms with Crippen LogP contribution in [0.2, 0.25) is 0 Å². The van der Waals surface area contributed by atoms with Crippen LogP contribution in [0.1, 0.15) is 21.0 Å². The van der Waals surface area contributed by atoms with Gasteiger partial charge in [-0.2, -0.15) is 0 Å². The molecule has 0 atom stereocenters. The summed E-state index contributed by atoms with van der Waals surface area (Å²) in [6.45, 7) is 2.35. The third kappa shape index (κ3) is 3.31. The number of nitrogens with one attached hydrogen (secondary N) is 1. The van der Waals surface area contributed by atoms with E-state index in [9.17, 15) is 4.79 Å². The lowest BCUT2D eigenvalue weighted by Gasteiger charge is -2.04. The lowest BCUT2D eigenvalue weighted by atomic mass is 10.1. The molecule has 0 aromatic carbocycles. The van der Waals surface area contributed by atoms with E-state index in [4.69, 9.17) is 4.52 Å². The molecule has 0 saturated carbocycles. The normalized spacial score (nSPS) is 10.8. The van der Waals surface area contributed by atoms with Crippen molar-refractivity contribution in [2.24, 2.45) is 0 Å². The summed E-state index contributed by atoms with van der Waals surface area (Å²) in [6.07, 6.45) is 0.827. The first-order valence-corrected chi connectivity index (χ1v) is 9.16. The molecular weight excluding hydrogens is 384 g/mol. The van der Waals surface area contributed by atoms with Crippen molar-refractivity contribution in [2.75, 3.05) is 6.54 Å². The first-order valence-electron chi connectivity index (χ1n) is 6.67. The number of nitrogens with zero attached hydrogens (tertiary/aromatic N) is 1. The molecule has 3 aromatic heterocycles. The standard InChI is InChI=1S/C15H13BrN2O2S2/c1-9-13(14(18-20-9)11-4-5-12(16)22-11)15(19)17-7-6-10-3-2-8-21-10/h2-5,8H,6-7H2,1H3,(H,17,19). The maximum Gasteiger partial charge on any atom is 0.257 e. The van der Waals surface area contributed by atoms with Crippen molar-refractivity contribution in [3.63, 3.8) is 0 Å². The molecule has 4 nitrogen and oxygen atoms in total. The summed E-state index contributed by atoms with van der Waals surface area (Å²) in [7, 11) is 0. The summed E-state index contributed by atoms with van der Waals surface area (Å²) in [5.41, 5.74) is 1.11. The molecule has 3 heterocycles. The average molecular weight is 397 g/mol. The first-order chi connectivity index (χ1) is 10.6. The highest BCUT2D eigenvalue weighted by atomic mass is 79.9. The fourth-order valence-corrected chi connectivity index (χ4v) is 4.17. The van der Waals surface area contributed by atoms with Crippen LogP contribution in [-0.4, -0.2) is 17.6 Å². The fraction of sp³-hybridized carbons (Fsp3) is 0.200. The average Bonchev–Trinajstić information content (AvgIpc) is 3.20. The Bertz CT molecular complexity index is 777. The Labute approximate surface area is 144 Å². The lowest BCUT2D eigenvalue weighted by molar-refractivity contribution is 0.0953. The van der Waals surface area contributed by atoms with E-state index in [0.29, 0.717) is 23.6 Å². The summed E-state index contributed by atoms with van der Waals surface area (Å²) < 4.78 is 6.21. The Kier molecular flexibility index (Phi) is 4.75. The highest BCUT2D eigenvalue weighted by molar-refractivity contribution is 9.11. The summed E-state index contributed by atoms with van der Waals surface area (Å²) >= 11 is 6.64. The number of halogens is 1. The number of aryl methyl sites for hydroxylation is 1. The van der Waals surface area contributed by atoms with E-state index in [-0.39, 0.29) is 5.91 Å². The maximum atomic E-state index is 12.4. The number of hydrogen-bond acceptors (Lipinski definition) is 5. The van der Waals surface area contributed by atoms with Gasteiger partial charge in [-0.3, -0.25) is 4.79 Å². The smallest absolute Gasteiger partial charge is 0.257 e. The summed E-state index contributed by atoms with van der Waals surface area (Å²) in [5, 5.41) is 9.01. The fourth-order valence-electron chi connectivity index (χ4n) is 2.09. The first kappa shape index (κ1) is 15.5. The van der Waals surface area contributed by atoms with Gasteiger partial charge in [-0.05, 0) is 52.9 Å². The Balaban J connectivity index is 1.73. The van der Waals surface area contributed by atoms with E-state index in [1.807, 2.05) is 23.6 Å². The zero-order valence-corrected chi connectivity index (χ0v) is 15.0. The van der Waals surface area contributed by atoms with Crippen molar-refractivity contribution in [3.8, 4) is 10.6 Å². The van der Waals surface area contributed by atoms with Gasteiger partial charge in [0.1, 0.15) is 17.0 Å². The second kappa shape index (κ2) is 6.76. The van der Waals surface area contributed by atoms with Crippen molar-refractivity contribution in [3.05, 3.63) is 49.6 Å². The number of rotatable bonds is 5. The minimum absolute atomic E-state index is 0.144. The van der Waals surface area contributed by atoms with E-state index in [1.165, 1.54) is 16.2 Å². The Morgan fingerprint density at radius 1 is 1.41 bits per heavy atom. The predicted molar refractivity (Wildman–Crippen MR) is 92.6 cm³/mol. The topological polar surface area (TPSA) is 55.1 Å². The van der Waals surface area contributed by atoms with Crippen molar-refractivity contribution in [2.45, 2.75) is 13.3 Å². The van der Waals surface area contributed by atoms with Crippen molar-refractivity contribution in [1.82, 2.24) is 10.5 Å². The second-order valence-corrected chi connectivity index (χ2v) is 8.15. The monoisotopic (exact) mass is 396 g/mol. The molecule has 0 fully saturated rings. The zero-order chi connectivity index (χ0) is 15.5. The molecule has 0 saturated heterocycles. The van der Waals surface area contributed by atoms with Crippen LogP contribution in [0, 0.1) is 6.92 Å². The predicted octanol–water partition coefficient (Wildman–Crippen LogP) is 4.51. The zero-order valence-electron chi connectivity index (χ0n) is 11.8. The van der Waals surface area contributed by atoms with Crippen LogP contribution in [0.25, 0.3) is 10.6 Å². The van der Waals surface area contributed by atoms with Crippen LogP contribution in [0.15, 0.2) is 38.0 Å². The van der Waals surface area contributed by atoms with Gasteiger partial charge in [0.15, 0.2) is 0 Å². The molecule has 3 aromatic rings. The van der Waals surface area contributed by atoms with Crippen LogP contribution in [0.3, 0.4) is 0 Å². The molecule has 0 bridgehead atoms. The molecule has 7 heteroatoms. The molecule has 3 rings (SSSR count).